The lowest BCUT2D eigenvalue weighted by Gasteiger charge is -2.55. The molecule has 176 valence electrons. The van der Waals surface area contributed by atoms with Gasteiger partial charge in [-0.2, -0.15) is 0 Å². The normalized spacial score (nSPS) is 27.8. The van der Waals surface area contributed by atoms with Crippen molar-refractivity contribution in [3.8, 4) is 0 Å². The average Bonchev–Trinajstić information content (AvgIpc) is 2.86. The molecule has 0 bridgehead atoms. The minimum Gasteiger partial charge on any atom is -0.366 e. The van der Waals surface area contributed by atoms with Gasteiger partial charge < -0.3 is 5.73 Å². The number of fused-ring (bicyclic) bond motifs is 1. The molecule has 0 aliphatic carbocycles. The maximum atomic E-state index is 11.8. The average molecular weight is 454 g/mol. The van der Waals surface area contributed by atoms with Gasteiger partial charge in [0.25, 0.3) is 0 Å². The molecule has 5 rings (SSSR count). The molecule has 2 aliphatic rings. The van der Waals surface area contributed by atoms with E-state index >= 15 is 0 Å². The van der Waals surface area contributed by atoms with Gasteiger partial charge in [0.15, 0.2) is 0 Å². The molecule has 1 amide bonds. The number of nitrogens with zero attached hydrogens (tertiary/aromatic N) is 2. The predicted octanol–water partition coefficient (Wildman–Crippen LogP) is 5.01. The summed E-state index contributed by atoms with van der Waals surface area (Å²) in [6.07, 6.45) is 1.07. The van der Waals surface area contributed by atoms with Crippen LogP contribution in [-0.4, -0.2) is 41.4 Å². The summed E-state index contributed by atoms with van der Waals surface area (Å²) in [6.45, 7) is 8.83. The molecule has 0 radical (unpaired) electrons. The van der Waals surface area contributed by atoms with E-state index in [0.29, 0.717) is 23.6 Å². The lowest BCUT2D eigenvalue weighted by molar-refractivity contribution is -0.0351. The van der Waals surface area contributed by atoms with Crippen molar-refractivity contribution >= 4 is 5.91 Å². The van der Waals surface area contributed by atoms with E-state index in [-0.39, 0.29) is 11.3 Å². The van der Waals surface area contributed by atoms with Crippen LogP contribution in [0.5, 0.6) is 0 Å². The number of rotatable bonds is 5. The number of amides is 1. The van der Waals surface area contributed by atoms with Crippen LogP contribution in [0.4, 0.5) is 0 Å². The van der Waals surface area contributed by atoms with Crippen LogP contribution in [0.15, 0.2) is 84.9 Å². The number of carbonyl (C=O) groups is 1. The summed E-state index contributed by atoms with van der Waals surface area (Å²) < 4.78 is 0. The highest BCUT2D eigenvalue weighted by atomic mass is 16.1. The largest absolute Gasteiger partial charge is 0.366 e. The third kappa shape index (κ3) is 4.40. The molecule has 2 heterocycles. The van der Waals surface area contributed by atoms with Crippen molar-refractivity contribution in [1.29, 1.82) is 0 Å². The second-order valence-corrected chi connectivity index (χ2v) is 10.4. The minimum absolute atomic E-state index is 0.00459. The molecule has 2 saturated heterocycles. The van der Waals surface area contributed by atoms with Gasteiger partial charge in [-0.1, -0.05) is 86.6 Å². The Labute approximate surface area is 203 Å². The fraction of sp³-hybridized carbons (Fsp3) is 0.367. The SMILES string of the molecule is C[C@H]1CN2CC(c3ccccc3)N(Cc3ccccc3)C[C@H]2C[C@@]1(C)c1cccc(C(N)=O)c1. The number of piperidine rings is 1. The van der Waals surface area contributed by atoms with Gasteiger partial charge in [-0.3, -0.25) is 14.6 Å². The van der Waals surface area contributed by atoms with Crippen LogP contribution in [0.2, 0.25) is 0 Å². The monoisotopic (exact) mass is 453 g/mol. The molecule has 2 fully saturated rings. The zero-order valence-corrected chi connectivity index (χ0v) is 20.2. The first kappa shape index (κ1) is 22.8. The molecule has 4 nitrogen and oxygen atoms in total. The van der Waals surface area contributed by atoms with Crippen molar-refractivity contribution in [3.05, 3.63) is 107 Å². The van der Waals surface area contributed by atoms with Crippen molar-refractivity contribution < 1.29 is 4.79 Å². The quantitative estimate of drug-likeness (QED) is 0.591. The molecule has 3 aromatic rings. The molecule has 3 aromatic carbocycles. The third-order valence-corrected chi connectivity index (χ3v) is 8.28. The van der Waals surface area contributed by atoms with Gasteiger partial charge in [-0.15, -0.1) is 0 Å². The number of primary amides is 1. The molecular weight excluding hydrogens is 418 g/mol. The Morgan fingerprint density at radius 2 is 1.65 bits per heavy atom. The summed E-state index contributed by atoms with van der Waals surface area (Å²) >= 11 is 0. The van der Waals surface area contributed by atoms with E-state index in [1.165, 1.54) is 16.7 Å². The summed E-state index contributed by atoms with van der Waals surface area (Å²) in [5.74, 6) is 0.122. The van der Waals surface area contributed by atoms with Gasteiger partial charge in [0.2, 0.25) is 5.91 Å². The molecule has 0 saturated carbocycles. The molecule has 2 aliphatic heterocycles. The highest BCUT2D eigenvalue weighted by Crippen LogP contribution is 2.45. The number of benzene rings is 3. The van der Waals surface area contributed by atoms with Crippen molar-refractivity contribution in [2.75, 3.05) is 19.6 Å². The molecule has 4 heteroatoms. The maximum Gasteiger partial charge on any atom is 0.248 e. The van der Waals surface area contributed by atoms with Gasteiger partial charge >= 0.3 is 0 Å². The third-order valence-electron chi connectivity index (χ3n) is 8.28. The van der Waals surface area contributed by atoms with E-state index in [1.807, 2.05) is 18.2 Å². The number of hydrogen-bond donors (Lipinski definition) is 1. The number of hydrogen-bond acceptors (Lipinski definition) is 3. The summed E-state index contributed by atoms with van der Waals surface area (Å²) in [5, 5.41) is 0. The fourth-order valence-corrected chi connectivity index (χ4v) is 6.08. The van der Waals surface area contributed by atoms with E-state index in [0.717, 1.165) is 32.6 Å². The standard InChI is InChI=1S/C30H35N3O/c1-22-18-32-21-28(24-12-7-4-8-13-24)33(19-23-10-5-3-6-11-23)20-27(32)17-30(22,2)26-15-9-14-25(16-26)29(31)34/h3-16,22,27-28H,17-21H2,1-2H3,(H2,31,34)/t22-,27+,28?,30+/m0/s1. The maximum absolute atomic E-state index is 11.8. The van der Waals surface area contributed by atoms with Crippen LogP contribution < -0.4 is 5.73 Å². The predicted molar refractivity (Wildman–Crippen MR) is 137 cm³/mol. The molecule has 0 aromatic heterocycles. The Balaban J connectivity index is 1.44. The van der Waals surface area contributed by atoms with Crippen molar-refractivity contribution in [1.82, 2.24) is 9.80 Å². The first-order valence-corrected chi connectivity index (χ1v) is 12.4. The van der Waals surface area contributed by atoms with Crippen LogP contribution in [0, 0.1) is 5.92 Å². The first-order valence-electron chi connectivity index (χ1n) is 12.4. The van der Waals surface area contributed by atoms with E-state index in [2.05, 4.69) is 90.4 Å². The number of carbonyl (C=O) groups excluding carboxylic acids is 1. The smallest absolute Gasteiger partial charge is 0.248 e. The van der Waals surface area contributed by atoms with Crippen LogP contribution in [0.3, 0.4) is 0 Å². The second kappa shape index (κ2) is 9.36. The summed E-state index contributed by atoms with van der Waals surface area (Å²) in [6, 6.07) is 30.6. The molecular formula is C30H35N3O. The molecule has 34 heavy (non-hydrogen) atoms. The zero-order chi connectivity index (χ0) is 23.7. The van der Waals surface area contributed by atoms with Crippen molar-refractivity contribution in [2.45, 2.75) is 44.3 Å². The summed E-state index contributed by atoms with van der Waals surface area (Å²) in [5.41, 5.74) is 10.2. The molecule has 1 unspecified atom stereocenters. The lowest BCUT2D eigenvalue weighted by atomic mass is 9.65. The summed E-state index contributed by atoms with van der Waals surface area (Å²) in [7, 11) is 0. The van der Waals surface area contributed by atoms with Crippen LogP contribution in [-0.2, 0) is 12.0 Å². The van der Waals surface area contributed by atoms with E-state index in [9.17, 15) is 4.79 Å². The van der Waals surface area contributed by atoms with Crippen LogP contribution >= 0.6 is 0 Å². The first-order chi connectivity index (χ1) is 16.4. The van der Waals surface area contributed by atoms with E-state index in [1.54, 1.807) is 0 Å². The molecule has 4 atom stereocenters. The number of piperazine rings is 1. The van der Waals surface area contributed by atoms with Gasteiger partial charge in [-0.25, -0.2) is 0 Å². The Morgan fingerprint density at radius 1 is 0.941 bits per heavy atom. The van der Waals surface area contributed by atoms with E-state index in [4.69, 9.17) is 5.73 Å². The Kier molecular flexibility index (Phi) is 6.28. The Hall–Kier alpha value is -2.95. The topological polar surface area (TPSA) is 49.6 Å². The number of nitrogens with two attached hydrogens (primary N) is 1. The molecule has 2 N–H and O–H groups in total. The Bertz CT molecular complexity index is 1130. The zero-order valence-electron chi connectivity index (χ0n) is 20.2. The fourth-order valence-electron chi connectivity index (χ4n) is 6.08. The van der Waals surface area contributed by atoms with Crippen molar-refractivity contribution in [2.24, 2.45) is 11.7 Å². The van der Waals surface area contributed by atoms with Crippen LogP contribution in [0.25, 0.3) is 0 Å². The van der Waals surface area contributed by atoms with Gasteiger partial charge in [0.05, 0.1) is 0 Å². The van der Waals surface area contributed by atoms with Gasteiger partial charge in [0.1, 0.15) is 0 Å². The highest BCUT2D eigenvalue weighted by Gasteiger charge is 2.46. The lowest BCUT2D eigenvalue weighted by Crippen LogP contribution is -2.61. The highest BCUT2D eigenvalue weighted by molar-refractivity contribution is 5.92. The molecule has 0 spiro atoms. The Morgan fingerprint density at radius 3 is 2.35 bits per heavy atom. The van der Waals surface area contributed by atoms with Crippen LogP contribution in [0.1, 0.15) is 53.4 Å². The minimum atomic E-state index is -0.354. The summed E-state index contributed by atoms with van der Waals surface area (Å²) in [4.78, 5) is 17.2. The second-order valence-electron chi connectivity index (χ2n) is 10.4. The van der Waals surface area contributed by atoms with Gasteiger partial charge in [0, 0.05) is 43.8 Å². The van der Waals surface area contributed by atoms with Gasteiger partial charge in [-0.05, 0) is 46.6 Å². The van der Waals surface area contributed by atoms with E-state index < -0.39 is 0 Å². The van der Waals surface area contributed by atoms with Crippen molar-refractivity contribution in [3.63, 3.8) is 0 Å².